The summed E-state index contributed by atoms with van der Waals surface area (Å²) in [5, 5.41) is 0. The van der Waals surface area contributed by atoms with E-state index in [9.17, 15) is 0 Å². The average molecular weight is 168 g/mol. The zero-order chi connectivity index (χ0) is 8.77. The summed E-state index contributed by atoms with van der Waals surface area (Å²) in [5.74, 6) is 0. The molecular formula is C10H20N2. The average Bonchev–Trinajstić information content (AvgIpc) is 2.79. The normalized spacial score (nSPS) is 35.8. The van der Waals surface area contributed by atoms with Gasteiger partial charge in [-0.1, -0.05) is 6.92 Å². The third kappa shape index (κ3) is 1.17. The fraction of sp³-hybridized carbons (Fsp3) is 1.00. The molecule has 2 aliphatic rings. The van der Waals surface area contributed by atoms with E-state index in [2.05, 4.69) is 30.7 Å². The molecule has 1 aliphatic carbocycles. The first kappa shape index (κ1) is 8.52. The lowest BCUT2D eigenvalue weighted by atomic mass is 10.1. The van der Waals surface area contributed by atoms with Crippen LogP contribution in [0.4, 0.5) is 0 Å². The van der Waals surface area contributed by atoms with Crippen molar-refractivity contribution < 1.29 is 0 Å². The molecule has 0 aromatic carbocycles. The Morgan fingerprint density at radius 3 is 2.58 bits per heavy atom. The van der Waals surface area contributed by atoms with E-state index in [1.54, 1.807) is 0 Å². The fourth-order valence-corrected chi connectivity index (χ4v) is 2.47. The van der Waals surface area contributed by atoms with Gasteiger partial charge in [0.15, 0.2) is 0 Å². The Morgan fingerprint density at radius 2 is 2.08 bits per heavy atom. The molecular weight excluding hydrogens is 148 g/mol. The van der Waals surface area contributed by atoms with Gasteiger partial charge >= 0.3 is 0 Å². The Kier molecular flexibility index (Phi) is 1.92. The number of nitrogens with zero attached hydrogens (tertiary/aromatic N) is 2. The van der Waals surface area contributed by atoms with Gasteiger partial charge in [0.25, 0.3) is 0 Å². The quantitative estimate of drug-likeness (QED) is 0.580. The zero-order valence-corrected chi connectivity index (χ0v) is 8.51. The van der Waals surface area contributed by atoms with E-state index in [0.29, 0.717) is 5.54 Å². The molecule has 0 bridgehead atoms. The Labute approximate surface area is 75.5 Å². The molecule has 12 heavy (non-hydrogen) atoms. The zero-order valence-electron chi connectivity index (χ0n) is 8.51. The number of piperazine rings is 1. The molecule has 1 unspecified atom stereocenters. The standard InChI is InChI=1S/C10H20N2/c1-4-12-8-10(5-6-10)11(3)7-9(12)2/h9H,4-8H2,1-3H3. The summed E-state index contributed by atoms with van der Waals surface area (Å²) in [6.07, 6.45) is 2.85. The van der Waals surface area contributed by atoms with Crippen molar-refractivity contribution >= 4 is 0 Å². The van der Waals surface area contributed by atoms with E-state index >= 15 is 0 Å². The Bertz CT molecular complexity index is 175. The van der Waals surface area contributed by atoms with E-state index < -0.39 is 0 Å². The summed E-state index contributed by atoms with van der Waals surface area (Å²) in [6, 6.07) is 0.756. The monoisotopic (exact) mass is 168 g/mol. The number of hydrogen-bond acceptors (Lipinski definition) is 2. The lowest BCUT2D eigenvalue weighted by Crippen LogP contribution is -2.57. The summed E-state index contributed by atoms with van der Waals surface area (Å²) in [5.41, 5.74) is 0.600. The molecule has 0 aromatic heterocycles. The van der Waals surface area contributed by atoms with Gasteiger partial charge in [0, 0.05) is 24.7 Å². The highest BCUT2D eigenvalue weighted by molar-refractivity contribution is 5.08. The van der Waals surface area contributed by atoms with Crippen LogP contribution in [0.15, 0.2) is 0 Å². The van der Waals surface area contributed by atoms with Gasteiger partial charge in [-0.2, -0.15) is 0 Å². The van der Waals surface area contributed by atoms with Crippen LogP contribution in [0.25, 0.3) is 0 Å². The van der Waals surface area contributed by atoms with Crippen LogP contribution in [0.1, 0.15) is 26.7 Å². The first-order chi connectivity index (χ1) is 5.68. The third-order valence-electron chi connectivity index (χ3n) is 3.70. The molecule has 2 fully saturated rings. The van der Waals surface area contributed by atoms with Crippen LogP contribution in [0.5, 0.6) is 0 Å². The first-order valence-electron chi connectivity index (χ1n) is 5.13. The van der Waals surface area contributed by atoms with Gasteiger partial charge in [0.05, 0.1) is 0 Å². The topological polar surface area (TPSA) is 6.48 Å². The molecule has 2 rings (SSSR count). The molecule has 1 spiro atoms. The molecule has 2 nitrogen and oxygen atoms in total. The van der Waals surface area contributed by atoms with Gasteiger partial charge in [0.2, 0.25) is 0 Å². The van der Waals surface area contributed by atoms with E-state index in [1.165, 1.54) is 32.5 Å². The SMILES string of the molecule is CCN1CC2(CC2)N(C)CC1C. The maximum absolute atomic E-state index is 2.62. The van der Waals surface area contributed by atoms with Gasteiger partial charge < -0.3 is 0 Å². The largest absolute Gasteiger partial charge is 0.298 e. The van der Waals surface area contributed by atoms with Crippen LogP contribution in [-0.2, 0) is 0 Å². The highest BCUT2D eigenvalue weighted by atomic mass is 15.3. The second-order valence-electron chi connectivity index (χ2n) is 4.52. The number of hydrogen-bond donors (Lipinski definition) is 0. The molecule has 0 radical (unpaired) electrons. The summed E-state index contributed by atoms with van der Waals surface area (Å²) in [7, 11) is 2.29. The van der Waals surface area contributed by atoms with Crippen LogP contribution in [0.3, 0.4) is 0 Å². The van der Waals surface area contributed by atoms with Gasteiger partial charge in [-0.3, -0.25) is 9.80 Å². The molecule has 70 valence electrons. The first-order valence-corrected chi connectivity index (χ1v) is 5.13. The van der Waals surface area contributed by atoms with Gasteiger partial charge in [-0.05, 0) is 33.4 Å². The van der Waals surface area contributed by atoms with E-state index in [1.807, 2.05) is 0 Å². The Balaban J connectivity index is 2.04. The van der Waals surface area contributed by atoms with Crippen LogP contribution >= 0.6 is 0 Å². The lowest BCUT2D eigenvalue weighted by molar-refractivity contribution is 0.0430. The molecule has 1 aliphatic heterocycles. The van der Waals surface area contributed by atoms with Crippen molar-refractivity contribution in [1.29, 1.82) is 0 Å². The fourth-order valence-electron chi connectivity index (χ4n) is 2.47. The Hall–Kier alpha value is -0.0800. The third-order valence-corrected chi connectivity index (χ3v) is 3.70. The van der Waals surface area contributed by atoms with Crippen molar-refractivity contribution in [3.8, 4) is 0 Å². The second kappa shape index (κ2) is 2.71. The van der Waals surface area contributed by atoms with Crippen molar-refractivity contribution in [3.63, 3.8) is 0 Å². The molecule has 0 amide bonds. The second-order valence-corrected chi connectivity index (χ2v) is 4.52. The molecule has 2 heteroatoms. The molecule has 0 N–H and O–H groups in total. The van der Waals surface area contributed by atoms with Crippen molar-refractivity contribution in [2.75, 3.05) is 26.7 Å². The van der Waals surface area contributed by atoms with E-state index in [4.69, 9.17) is 0 Å². The van der Waals surface area contributed by atoms with Crippen molar-refractivity contribution in [1.82, 2.24) is 9.80 Å². The summed E-state index contributed by atoms with van der Waals surface area (Å²) in [4.78, 5) is 5.19. The minimum Gasteiger partial charge on any atom is -0.298 e. The molecule has 1 atom stereocenters. The number of rotatable bonds is 1. The van der Waals surface area contributed by atoms with Gasteiger partial charge in [-0.25, -0.2) is 0 Å². The van der Waals surface area contributed by atoms with Gasteiger partial charge in [0.1, 0.15) is 0 Å². The van der Waals surface area contributed by atoms with Crippen LogP contribution in [-0.4, -0.2) is 48.1 Å². The maximum atomic E-state index is 2.62. The summed E-state index contributed by atoms with van der Waals surface area (Å²) >= 11 is 0. The van der Waals surface area contributed by atoms with E-state index in [0.717, 1.165) is 6.04 Å². The number of likely N-dealkylation sites (N-methyl/N-ethyl adjacent to an activating group) is 2. The minimum atomic E-state index is 0.600. The molecule has 1 heterocycles. The predicted molar refractivity (Wildman–Crippen MR) is 51.3 cm³/mol. The highest BCUT2D eigenvalue weighted by Crippen LogP contribution is 2.44. The summed E-state index contributed by atoms with van der Waals surface area (Å²) < 4.78 is 0. The molecule has 0 aromatic rings. The van der Waals surface area contributed by atoms with Gasteiger partial charge in [-0.15, -0.1) is 0 Å². The van der Waals surface area contributed by atoms with Crippen LogP contribution in [0.2, 0.25) is 0 Å². The smallest absolute Gasteiger partial charge is 0.0335 e. The highest BCUT2D eigenvalue weighted by Gasteiger charge is 2.50. The van der Waals surface area contributed by atoms with Crippen molar-refractivity contribution in [3.05, 3.63) is 0 Å². The van der Waals surface area contributed by atoms with Crippen LogP contribution < -0.4 is 0 Å². The van der Waals surface area contributed by atoms with Crippen molar-refractivity contribution in [2.24, 2.45) is 0 Å². The summed E-state index contributed by atoms with van der Waals surface area (Å²) in [6.45, 7) is 8.40. The van der Waals surface area contributed by atoms with Crippen molar-refractivity contribution in [2.45, 2.75) is 38.3 Å². The minimum absolute atomic E-state index is 0.600. The van der Waals surface area contributed by atoms with Crippen LogP contribution in [0, 0.1) is 0 Å². The molecule has 1 saturated carbocycles. The van der Waals surface area contributed by atoms with E-state index in [-0.39, 0.29) is 0 Å². The Morgan fingerprint density at radius 1 is 1.42 bits per heavy atom. The maximum Gasteiger partial charge on any atom is 0.0335 e. The predicted octanol–water partition coefficient (Wildman–Crippen LogP) is 1.17. The molecule has 1 saturated heterocycles. The lowest BCUT2D eigenvalue weighted by Gasteiger charge is -2.44.